The molecule has 0 aliphatic carbocycles. The van der Waals surface area contributed by atoms with E-state index in [1.165, 1.54) is 30.5 Å². The third-order valence-corrected chi connectivity index (χ3v) is 7.00. The van der Waals surface area contributed by atoms with E-state index in [0.29, 0.717) is 35.5 Å². The van der Waals surface area contributed by atoms with Crippen LogP contribution in [0.2, 0.25) is 0 Å². The molecule has 160 valence electrons. The molecule has 0 saturated carbocycles. The van der Waals surface area contributed by atoms with E-state index in [-0.39, 0.29) is 17.3 Å². The first-order valence-electron chi connectivity index (χ1n) is 9.58. The highest BCUT2D eigenvalue weighted by molar-refractivity contribution is 7.89. The predicted octanol–water partition coefficient (Wildman–Crippen LogP) is 2.75. The van der Waals surface area contributed by atoms with Crippen molar-refractivity contribution >= 4 is 33.2 Å². The van der Waals surface area contributed by atoms with Crippen molar-refractivity contribution in [3.8, 4) is 5.75 Å². The molecule has 0 unspecified atom stereocenters. The summed E-state index contributed by atoms with van der Waals surface area (Å²) < 4.78 is 32.5. The summed E-state index contributed by atoms with van der Waals surface area (Å²) in [6, 6.07) is 10.5. The van der Waals surface area contributed by atoms with E-state index in [1.54, 1.807) is 37.3 Å². The van der Waals surface area contributed by atoms with E-state index in [9.17, 15) is 18.0 Å². The second-order valence-corrected chi connectivity index (χ2v) is 8.99. The number of nitrogens with one attached hydrogen (secondary N) is 2. The van der Waals surface area contributed by atoms with Crippen molar-refractivity contribution in [2.24, 2.45) is 0 Å². The van der Waals surface area contributed by atoms with E-state index in [2.05, 4.69) is 10.6 Å². The molecule has 0 aromatic heterocycles. The third-order valence-electron chi connectivity index (χ3n) is 5.07. The van der Waals surface area contributed by atoms with Gasteiger partial charge in [-0.3, -0.25) is 9.59 Å². The number of rotatable bonds is 6. The van der Waals surface area contributed by atoms with Gasteiger partial charge in [0.2, 0.25) is 21.8 Å². The highest BCUT2D eigenvalue weighted by Crippen LogP contribution is 2.29. The summed E-state index contributed by atoms with van der Waals surface area (Å²) in [5.74, 6) is -0.0546. The Morgan fingerprint density at radius 1 is 1.07 bits per heavy atom. The quantitative estimate of drug-likeness (QED) is 0.732. The van der Waals surface area contributed by atoms with Crippen LogP contribution in [0.15, 0.2) is 47.4 Å². The Bertz CT molecular complexity index is 1050. The van der Waals surface area contributed by atoms with Crippen LogP contribution < -0.4 is 15.4 Å². The molecule has 30 heavy (non-hydrogen) atoms. The van der Waals surface area contributed by atoms with E-state index in [0.717, 1.165) is 0 Å². The van der Waals surface area contributed by atoms with Gasteiger partial charge in [-0.05, 0) is 61.7 Å². The molecule has 0 radical (unpaired) electrons. The molecule has 1 aliphatic rings. The molecule has 0 spiro atoms. The lowest BCUT2D eigenvalue weighted by atomic mass is 10.1. The predicted molar refractivity (Wildman–Crippen MR) is 114 cm³/mol. The van der Waals surface area contributed by atoms with Gasteiger partial charge in [-0.15, -0.1) is 0 Å². The molecule has 3 rings (SSSR count). The zero-order valence-corrected chi connectivity index (χ0v) is 18.0. The van der Waals surface area contributed by atoms with E-state index in [4.69, 9.17) is 4.74 Å². The number of amides is 2. The summed E-state index contributed by atoms with van der Waals surface area (Å²) >= 11 is 0. The van der Waals surface area contributed by atoms with Gasteiger partial charge in [-0.2, -0.15) is 4.31 Å². The van der Waals surface area contributed by atoms with Crippen LogP contribution in [0.25, 0.3) is 0 Å². The summed E-state index contributed by atoms with van der Waals surface area (Å²) in [7, 11) is -2.32. The van der Waals surface area contributed by atoms with Crippen LogP contribution in [0.1, 0.15) is 25.3 Å². The minimum atomic E-state index is -3.82. The minimum Gasteiger partial charge on any atom is -0.497 e. The van der Waals surface area contributed by atoms with Crippen molar-refractivity contribution in [1.29, 1.82) is 0 Å². The largest absolute Gasteiger partial charge is 0.497 e. The van der Waals surface area contributed by atoms with Gasteiger partial charge in [-0.25, -0.2) is 8.42 Å². The number of hydrogen-bond donors (Lipinski definition) is 2. The number of sulfonamides is 1. The van der Waals surface area contributed by atoms with Gasteiger partial charge in [0.25, 0.3) is 0 Å². The molecule has 1 heterocycles. The Morgan fingerprint density at radius 2 is 1.70 bits per heavy atom. The standard InChI is InChI=1S/C21H25N3O5S/c1-14-18(22-15(2)25)6-4-7-19(14)23-21(26)20-8-5-13-24(20)30(27,28)17-11-9-16(29-3)10-12-17/h4,6-7,9-12,20H,5,8,13H2,1-3H3,(H,22,25)(H,23,26)/t20-/m0/s1. The number of carbonyl (C=O) groups is 2. The molecule has 2 amide bonds. The highest BCUT2D eigenvalue weighted by Gasteiger charge is 2.39. The minimum absolute atomic E-state index is 0.117. The third kappa shape index (κ3) is 4.47. The van der Waals surface area contributed by atoms with Crippen LogP contribution in [0.5, 0.6) is 5.75 Å². The van der Waals surface area contributed by atoms with Gasteiger partial charge in [-0.1, -0.05) is 6.07 Å². The van der Waals surface area contributed by atoms with Crippen LogP contribution in [0, 0.1) is 6.92 Å². The number of benzene rings is 2. The molecule has 0 bridgehead atoms. The van der Waals surface area contributed by atoms with E-state index >= 15 is 0 Å². The summed E-state index contributed by atoms with van der Waals surface area (Å²) in [4.78, 5) is 24.4. The smallest absolute Gasteiger partial charge is 0.243 e. The molecule has 9 heteroatoms. The van der Waals surface area contributed by atoms with Gasteiger partial charge in [0.15, 0.2) is 0 Å². The number of nitrogens with zero attached hydrogens (tertiary/aromatic N) is 1. The fraction of sp³-hybridized carbons (Fsp3) is 0.333. The second-order valence-electron chi connectivity index (χ2n) is 7.10. The topological polar surface area (TPSA) is 105 Å². The molecule has 1 atom stereocenters. The molecule has 2 aromatic carbocycles. The van der Waals surface area contributed by atoms with Gasteiger partial charge >= 0.3 is 0 Å². The number of hydrogen-bond acceptors (Lipinski definition) is 5. The van der Waals surface area contributed by atoms with E-state index < -0.39 is 22.0 Å². The lowest BCUT2D eigenvalue weighted by Crippen LogP contribution is -2.43. The van der Waals surface area contributed by atoms with Crippen molar-refractivity contribution in [2.75, 3.05) is 24.3 Å². The van der Waals surface area contributed by atoms with Crippen LogP contribution in [-0.2, 0) is 19.6 Å². The zero-order chi connectivity index (χ0) is 21.9. The first kappa shape index (κ1) is 21.8. The number of carbonyl (C=O) groups excluding carboxylic acids is 2. The van der Waals surface area contributed by atoms with Gasteiger partial charge < -0.3 is 15.4 Å². The van der Waals surface area contributed by atoms with Crippen LogP contribution in [0.3, 0.4) is 0 Å². The second kappa shape index (κ2) is 8.85. The lowest BCUT2D eigenvalue weighted by Gasteiger charge is -2.24. The average Bonchev–Trinajstić information content (AvgIpc) is 3.22. The van der Waals surface area contributed by atoms with Crippen LogP contribution in [0.4, 0.5) is 11.4 Å². The number of anilines is 2. The number of methoxy groups -OCH3 is 1. The lowest BCUT2D eigenvalue weighted by molar-refractivity contribution is -0.119. The summed E-state index contributed by atoms with van der Waals surface area (Å²) in [5, 5.41) is 5.53. The van der Waals surface area contributed by atoms with Crippen molar-refractivity contribution in [2.45, 2.75) is 37.6 Å². The fourth-order valence-corrected chi connectivity index (χ4v) is 5.14. The van der Waals surface area contributed by atoms with Gasteiger partial charge in [0, 0.05) is 24.8 Å². The summed E-state index contributed by atoms with van der Waals surface area (Å²) in [6.07, 6.45) is 1.03. The Hall–Kier alpha value is -2.91. The van der Waals surface area contributed by atoms with Crippen LogP contribution >= 0.6 is 0 Å². The molecular weight excluding hydrogens is 406 g/mol. The average molecular weight is 432 g/mol. The highest BCUT2D eigenvalue weighted by atomic mass is 32.2. The van der Waals surface area contributed by atoms with Crippen molar-refractivity contribution in [3.63, 3.8) is 0 Å². The van der Waals surface area contributed by atoms with Crippen molar-refractivity contribution in [3.05, 3.63) is 48.0 Å². The maximum absolute atomic E-state index is 13.1. The molecule has 8 nitrogen and oxygen atoms in total. The molecule has 1 fully saturated rings. The maximum Gasteiger partial charge on any atom is 0.243 e. The fourth-order valence-electron chi connectivity index (χ4n) is 3.49. The Kier molecular flexibility index (Phi) is 6.42. The Morgan fingerprint density at radius 3 is 2.30 bits per heavy atom. The summed E-state index contributed by atoms with van der Waals surface area (Å²) in [5.41, 5.74) is 1.82. The first-order chi connectivity index (χ1) is 14.2. The molecule has 2 N–H and O–H groups in total. The van der Waals surface area contributed by atoms with E-state index in [1.807, 2.05) is 0 Å². The van der Waals surface area contributed by atoms with Gasteiger partial charge in [0.1, 0.15) is 11.8 Å². The van der Waals surface area contributed by atoms with Crippen LogP contribution in [-0.4, -0.2) is 44.2 Å². The zero-order valence-electron chi connectivity index (χ0n) is 17.1. The van der Waals surface area contributed by atoms with Crippen molar-refractivity contribution < 1.29 is 22.7 Å². The number of ether oxygens (including phenoxy) is 1. The SMILES string of the molecule is COc1ccc(S(=O)(=O)N2CCC[C@H]2C(=O)Nc2cccc(NC(C)=O)c2C)cc1. The first-order valence-corrected chi connectivity index (χ1v) is 11.0. The maximum atomic E-state index is 13.1. The van der Waals surface area contributed by atoms with Crippen molar-refractivity contribution in [1.82, 2.24) is 4.31 Å². The Labute approximate surface area is 176 Å². The summed E-state index contributed by atoms with van der Waals surface area (Å²) in [6.45, 7) is 3.46. The molecule has 2 aromatic rings. The normalized spacial score (nSPS) is 16.8. The monoisotopic (exact) mass is 431 g/mol. The molecule has 1 saturated heterocycles. The molecule has 1 aliphatic heterocycles. The Balaban J connectivity index is 1.81. The molecular formula is C21H25N3O5S. The van der Waals surface area contributed by atoms with Gasteiger partial charge in [0.05, 0.1) is 12.0 Å².